The minimum Gasteiger partial charge on any atom is -0.414 e. The molecule has 0 radical (unpaired) electrons. The average molecular weight is 487 g/mol. The molecule has 8 heteroatoms. The number of thiophene rings is 1. The summed E-state index contributed by atoms with van der Waals surface area (Å²) in [6.07, 6.45) is 0. The second kappa shape index (κ2) is 8.20. The molecule has 0 N–H and O–H groups in total. The molecule has 0 spiro atoms. The van der Waals surface area contributed by atoms with Gasteiger partial charge >= 0.3 is 0 Å². The summed E-state index contributed by atoms with van der Waals surface area (Å²) in [6, 6.07) is 7.69. The molecule has 170 valence electrons. The summed E-state index contributed by atoms with van der Waals surface area (Å²) < 4.78 is 8.79. The Labute approximate surface area is 200 Å². The van der Waals surface area contributed by atoms with Crippen molar-refractivity contribution in [3.05, 3.63) is 62.5 Å². The van der Waals surface area contributed by atoms with Crippen LogP contribution in [0.5, 0.6) is 0 Å². The molecule has 3 heterocycles. The van der Waals surface area contributed by atoms with Gasteiger partial charge in [0, 0.05) is 21.0 Å². The van der Waals surface area contributed by atoms with Gasteiger partial charge in [0.1, 0.15) is 16.9 Å². The maximum atomic E-state index is 6.62. The van der Waals surface area contributed by atoms with Gasteiger partial charge in [0.25, 0.3) is 0 Å². The number of halogens is 1. The van der Waals surface area contributed by atoms with Crippen LogP contribution in [0, 0.1) is 20.8 Å². The lowest BCUT2D eigenvalue weighted by atomic mass is 10.00. The fraction of sp³-hybridized carbons (Fsp3) is 0.458. The van der Waals surface area contributed by atoms with Crippen LogP contribution in [0.1, 0.15) is 60.0 Å². The van der Waals surface area contributed by atoms with E-state index in [1.165, 1.54) is 10.4 Å². The largest absolute Gasteiger partial charge is 0.414 e. The molecule has 1 aromatic carbocycles. The lowest BCUT2D eigenvalue weighted by Crippen LogP contribution is -2.41. The summed E-state index contributed by atoms with van der Waals surface area (Å²) in [5.41, 5.74) is 4.40. The second-order valence-corrected chi connectivity index (χ2v) is 16.4. The lowest BCUT2D eigenvalue weighted by Gasteiger charge is -2.36. The van der Waals surface area contributed by atoms with Crippen molar-refractivity contribution in [2.75, 3.05) is 6.61 Å². The maximum Gasteiger partial charge on any atom is 0.192 e. The van der Waals surface area contributed by atoms with Crippen LogP contribution in [0.2, 0.25) is 23.2 Å². The summed E-state index contributed by atoms with van der Waals surface area (Å²) in [5, 5.41) is 10.9. The van der Waals surface area contributed by atoms with Crippen LogP contribution in [-0.2, 0) is 4.43 Å². The van der Waals surface area contributed by atoms with Gasteiger partial charge in [-0.1, -0.05) is 44.5 Å². The number of benzene rings is 1. The number of nitrogens with zero attached hydrogens (tertiary/aromatic N) is 4. The molecule has 0 bridgehead atoms. The van der Waals surface area contributed by atoms with Crippen molar-refractivity contribution in [3.63, 3.8) is 0 Å². The Hall–Kier alpha value is -1.80. The van der Waals surface area contributed by atoms with Gasteiger partial charge in [-0.05, 0) is 56.6 Å². The summed E-state index contributed by atoms with van der Waals surface area (Å²) in [6.45, 7) is 18.1. The predicted octanol–water partition coefficient (Wildman–Crippen LogP) is 6.82. The number of aliphatic imine (C=N–C) groups is 1. The van der Waals surface area contributed by atoms with Crippen LogP contribution in [0.25, 0.3) is 5.00 Å². The Morgan fingerprint density at radius 2 is 1.75 bits per heavy atom. The van der Waals surface area contributed by atoms with Gasteiger partial charge in [-0.25, -0.2) is 0 Å². The topological polar surface area (TPSA) is 52.3 Å². The molecule has 4 rings (SSSR count). The molecular weight excluding hydrogens is 456 g/mol. The SMILES string of the molecule is Cc1sc2c(c1C)C(c1ccc(Cl)cc1)=N[C@@H](CO[Si](C)(C)C(C)(C)C)c1nnc(C)n1-2. The Balaban J connectivity index is 1.89. The third-order valence-corrected chi connectivity index (χ3v) is 12.7. The third-order valence-electron chi connectivity index (χ3n) is 6.77. The van der Waals surface area contributed by atoms with E-state index in [2.05, 4.69) is 62.5 Å². The lowest BCUT2D eigenvalue weighted by molar-refractivity contribution is 0.261. The molecule has 32 heavy (non-hydrogen) atoms. The third kappa shape index (κ3) is 4.00. The quantitative estimate of drug-likeness (QED) is 0.380. The molecule has 0 saturated heterocycles. The van der Waals surface area contributed by atoms with Crippen LogP contribution in [0.15, 0.2) is 29.3 Å². The Bertz CT molecular complexity index is 1190. The monoisotopic (exact) mass is 486 g/mol. The first-order valence-corrected chi connectivity index (χ1v) is 15.0. The van der Waals surface area contributed by atoms with Crippen molar-refractivity contribution in [3.8, 4) is 5.00 Å². The van der Waals surface area contributed by atoms with Gasteiger partial charge in [-0.2, -0.15) is 0 Å². The van der Waals surface area contributed by atoms with Crippen LogP contribution < -0.4 is 0 Å². The molecule has 0 unspecified atom stereocenters. The summed E-state index contributed by atoms with van der Waals surface area (Å²) in [7, 11) is -1.95. The molecule has 3 aromatic rings. The van der Waals surface area contributed by atoms with Crippen molar-refractivity contribution in [1.29, 1.82) is 0 Å². The van der Waals surface area contributed by atoms with Crippen molar-refractivity contribution < 1.29 is 4.43 Å². The van der Waals surface area contributed by atoms with E-state index in [-0.39, 0.29) is 11.1 Å². The zero-order valence-electron chi connectivity index (χ0n) is 20.1. The molecule has 5 nitrogen and oxygen atoms in total. The first-order chi connectivity index (χ1) is 14.9. The highest BCUT2D eigenvalue weighted by Gasteiger charge is 2.39. The summed E-state index contributed by atoms with van der Waals surface area (Å²) in [5.74, 6) is 1.71. The van der Waals surface area contributed by atoms with Gasteiger partial charge in [-0.3, -0.25) is 9.56 Å². The molecule has 1 aliphatic heterocycles. The highest BCUT2D eigenvalue weighted by molar-refractivity contribution is 7.15. The fourth-order valence-corrected chi connectivity index (χ4v) is 5.96. The average Bonchev–Trinajstić information content (AvgIpc) is 3.17. The van der Waals surface area contributed by atoms with E-state index in [0.29, 0.717) is 11.6 Å². The van der Waals surface area contributed by atoms with Gasteiger partial charge in [0.15, 0.2) is 14.1 Å². The van der Waals surface area contributed by atoms with Crippen molar-refractivity contribution in [1.82, 2.24) is 14.8 Å². The van der Waals surface area contributed by atoms with Crippen molar-refractivity contribution in [2.24, 2.45) is 4.99 Å². The summed E-state index contributed by atoms with van der Waals surface area (Å²) in [4.78, 5) is 6.55. The van der Waals surface area contributed by atoms with Crippen LogP contribution in [0.3, 0.4) is 0 Å². The van der Waals surface area contributed by atoms with E-state index in [4.69, 9.17) is 21.0 Å². The number of hydrogen-bond acceptors (Lipinski definition) is 5. The molecule has 1 atom stereocenters. The van der Waals surface area contributed by atoms with E-state index in [1.54, 1.807) is 11.3 Å². The number of fused-ring (bicyclic) bond motifs is 3. The van der Waals surface area contributed by atoms with Gasteiger partial charge in [-0.15, -0.1) is 21.5 Å². The molecule has 0 saturated carbocycles. The van der Waals surface area contributed by atoms with E-state index in [9.17, 15) is 0 Å². The summed E-state index contributed by atoms with van der Waals surface area (Å²) >= 11 is 7.96. The minimum absolute atomic E-state index is 0.121. The standard InChI is InChI=1S/C24H31ClN4OSSi/c1-14-15(2)31-23-20(14)21(17-9-11-18(25)12-10-17)26-19(22-28-27-16(3)29(22)23)13-30-32(7,8)24(4,5)6/h9-12,19H,13H2,1-8H3/t19-/m0/s1. The maximum absolute atomic E-state index is 6.62. The van der Waals surface area contributed by atoms with Gasteiger partial charge < -0.3 is 4.43 Å². The molecule has 0 aliphatic carbocycles. The van der Waals surface area contributed by atoms with Crippen molar-refractivity contribution in [2.45, 2.75) is 65.7 Å². The van der Waals surface area contributed by atoms with E-state index in [0.717, 1.165) is 33.5 Å². The molecular formula is C24H31ClN4OSSi. The highest BCUT2D eigenvalue weighted by atomic mass is 35.5. The molecule has 0 fully saturated rings. The molecule has 1 aliphatic rings. The Kier molecular flexibility index (Phi) is 5.99. The fourth-order valence-electron chi connectivity index (χ4n) is 3.61. The molecule has 0 amide bonds. The zero-order chi connectivity index (χ0) is 23.4. The van der Waals surface area contributed by atoms with Crippen molar-refractivity contribution >= 4 is 37.0 Å². The number of aromatic nitrogens is 3. The van der Waals surface area contributed by atoms with E-state index >= 15 is 0 Å². The van der Waals surface area contributed by atoms with E-state index in [1.807, 2.05) is 31.2 Å². The Morgan fingerprint density at radius 3 is 2.38 bits per heavy atom. The number of hydrogen-bond donors (Lipinski definition) is 0. The first-order valence-electron chi connectivity index (χ1n) is 10.9. The number of aryl methyl sites for hydroxylation is 2. The van der Waals surface area contributed by atoms with Crippen LogP contribution in [-0.4, -0.2) is 35.4 Å². The van der Waals surface area contributed by atoms with Crippen LogP contribution >= 0.6 is 22.9 Å². The van der Waals surface area contributed by atoms with Gasteiger partial charge in [0.05, 0.1) is 12.3 Å². The molecule has 2 aromatic heterocycles. The van der Waals surface area contributed by atoms with E-state index < -0.39 is 8.32 Å². The second-order valence-electron chi connectivity index (χ2n) is 9.98. The van der Waals surface area contributed by atoms with Gasteiger partial charge in [0.2, 0.25) is 0 Å². The number of rotatable bonds is 4. The normalized spacial score (nSPS) is 16.4. The minimum atomic E-state index is -1.95. The highest BCUT2D eigenvalue weighted by Crippen LogP contribution is 2.41. The predicted molar refractivity (Wildman–Crippen MR) is 136 cm³/mol. The van der Waals surface area contributed by atoms with Crippen LogP contribution in [0.4, 0.5) is 0 Å². The smallest absolute Gasteiger partial charge is 0.192 e. The zero-order valence-corrected chi connectivity index (χ0v) is 22.6. The Morgan fingerprint density at radius 1 is 1.09 bits per heavy atom. The first kappa shape index (κ1) is 23.4.